The lowest BCUT2D eigenvalue weighted by atomic mass is 10.2. The Hall–Kier alpha value is -2.56. The maximum absolute atomic E-state index is 12.3. The van der Waals surface area contributed by atoms with Crippen molar-refractivity contribution in [1.29, 1.82) is 0 Å². The molecule has 0 spiro atoms. The summed E-state index contributed by atoms with van der Waals surface area (Å²) in [5.74, 6) is 0.800. The van der Waals surface area contributed by atoms with E-state index >= 15 is 0 Å². The number of carbonyl (C=O) groups is 1. The second-order valence-corrected chi connectivity index (χ2v) is 6.12. The Morgan fingerprint density at radius 1 is 1.21 bits per heavy atom. The summed E-state index contributed by atoms with van der Waals surface area (Å²) in [5.41, 5.74) is 2.57. The van der Waals surface area contributed by atoms with Gasteiger partial charge in [-0.15, -0.1) is 0 Å². The van der Waals surface area contributed by atoms with Crippen LogP contribution in [0, 0.1) is 0 Å². The van der Waals surface area contributed by atoms with Crippen molar-refractivity contribution in [1.82, 2.24) is 10.3 Å². The van der Waals surface area contributed by atoms with Crippen LogP contribution in [0.1, 0.15) is 41.6 Å². The lowest BCUT2D eigenvalue weighted by Crippen LogP contribution is -2.32. The second kappa shape index (κ2) is 7.81. The fourth-order valence-corrected chi connectivity index (χ4v) is 2.95. The van der Waals surface area contributed by atoms with Crippen LogP contribution >= 0.6 is 0 Å². The van der Waals surface area contributed by atoms with Crippen LogP contribution in [0.25, 0.3) is 0 Å². The molecule has 2 N–H and O–H groups in total. The Morgan fingerprint density at radius 2 is 1.96 bits per heavy atom. The predicted molar refractivity (Wildman–Crippen MR) is 94.3 cm³/mol. The van der Waals surface area contributed by atoms with Gasteiger partial charge in [-0.1, -0.05) is 25.0 Å². The molecule has 5 heteroatoms. The predicted octanol–water partition coefficient (Wildman–Crippen LogP) is 3.37. The topological polar surface area (TPSA) is 63.2 Å². The first-order chi connectivity index (χ1) is 11.7. The van der Waals surface area contributed by atoms with E-state index in [1.54, 1.807) is 19.5 Å². The van der Waals surface area contributed by atoms with Crippen molar-refractivity contribution in [3.05, 3.63) is 53.9 Å². The number of carbonyl (C=O) groups excluding carboxylic acids is 1. The smallest absolute Gasteiger partial charge is 0.253 e. The average molecular weight is 325 g/mol. The molecule has 1 fully saturated rings. The van der Waals surface area contributed by atoms with Crippen molar-refractivity contribution in [2.24, 2.45) is 0 Å². The molecule has 24 heavy (non-hydrogen) atoms. The van der Waals surface area contributed by atoms with E-state index in [2.05, 4.69) is 15.6 Å². The van der Waals surface area contributed by atoms with Gasteiger partial charge >= 0.3 is 0 Å². The number of anilines is 1. The molecule has 1 aromatic heterocycles. The van der Waals surface area contributed by atoms with E-state index in [9.17, 15) is 4.79 Å². The van der Waals surface area contributed by atoms with Gasteiger partial charge in [0.25, 0.3) is 5.91 Å². The third kappa shape index (κ3) is 4.25. The molecule has 1 heterocycles. The molecule has 1 aliphatic rings. The molecule has 0 aliphatic heterocycles. The summed E-state index contributed by atoms with van der Waals surface area (Å²) >= 11 is 0. The second-order valence-electron chi connectivity index (χ2n) is 6.12. The number of nitrogens with zero attached hydrogens (tertiary/aromatic N) is 1. The van der Waals surface area contributed by atoms with Crippen LogP contribution in [0.3, 0.4) is 0 Å². The van der Waals surface area contributed by atoms with Gasteiger partial charge in [-0.25, -0.2) is 0 Å². The van der Waals surface area contributed by atoms with E-state index in [0.29, 0.717) is 18.2 Å². The number of aromatic nitrogens is 1. The molecule has 0 unspecified atom stereocenters. The fourth-order valence-electron chi connectivity index (χ4n) is 2.95. The van der Waals surface area contributed by atoms with Crippen LogP contribution in [0.4, 0.5) is 5.69 Å². The number of rotatable bonds is 6. The van der Waals surface area contributed by atoms with Gasteiger partial charge in [0.05, 0.1) is 18.4 Å². The first-order valence-corrected chi connectivity index (χ1v) is 8.37. The number of hydrogen-bond donors (Lipinski definition) is 2. The fraction of sp³-hybridized carbons (Fsp3) is 0.368. The number of amides is 1. The Labute approximate surface area is 142 Å². The quantitative estimate of drug-likeness (QED) is 0.855. The minimum atomic E-state index is -0.0394. The molecule has 3 rings (SSSR count). The largest absolute Gasteiger partial charge is 0.497 e. The highest BCUT2D eigenvalue weighted by Gasteiger charge is 2.18. The van der Waals surface area contributed by atoms with E-state index in [0.717, 1.165) is 29.8 Å². The summed E-state index contributed by atoms with van der Waals surface area (Å²) in [6.45, 7) is 0.666. The molecule has 1 aliphatic carbocycles. The highest BCUT2D eigenvalue weighted by atomic mass is 16.5. The Bertz CT molecular complexity index is 679. The molecule has 126 valence electrons. The van der Waals surface area contributed by atoms with Crippen LogP contribution < -0.4 is 15.4 Å². The molecule has 1 aromatic carbocycles. The molecule has 0 radical (unpaired) electrons. The third-order valence-corrected chi connectivity index (χ3v) is 4.35. The van der Waals surface area contributed by atoms with Gasteiger partial charge in [-0.3, -0.25) is 9.78 Å². The lowest BCUT2D eigenvalue weighted by Gasteiger charge is -2.12. The molecule has 0 saturated heterocycles. The number of nitrogens with one attached hydrogen (secondary N) is 2. The first-order valence-electron chi connectivity index (χ1n) is 8.37. The SMILES string of the molecule is COc1ccc(CNc2cncc(C(=O)NC3CCCC3)c2)cc1. The molecular formula is C19H23N3O2. The average Bonchev–Trinajstić information content (AvgIpc) is 3.13. The van der Waals surface area contributed by atoms with E-state index < -0.39 is 0 Å². The van der Waals surface area contributed by atoms with Crippen molar-refractivity contribution in [2.45, 2.75) is 38.3 Å². The Balaban J connectivity index is 1.58. The van der Waals surface area contributed by atoms with Crippen LogP contribution in [-0.2, 0) is 6.54 Å². The number of ether oxygens (including phenoxy) is 1. The Kier molecular flexibility index (Phi) is 5.31. The lowest BCUT2D eigenvalue weighted by molar-refractivity contribution is 0.0937. The van der Waals surface area contributed by atoms with Crippen molar-refractivity contribution in [3.63, 3.8) is 0 Å². The number of hydrogen-bond acceptors (Lipinski definition) is 4. The summed E-state index contributed by atoms with van der Waals surface area (Å²) in [6.07, 6.45) is 7.90. The minimum absolute atomic E-state index is 0.0394. The van der Waals surface area contributed by atoms with Crippen LogP contribution in [0.5, 0.6) is 5.75 Å². The summed E-state index contributed by atoms with van der Waals surface area (Å²) in [4.78, 5) is 16.5. The normalized spacial score (nSPS) is 14.4. The van der Waals surface area contributed by atoms with Gasteiger partial charge in [0.2, 0.25) is 0 Å². The maximum atomic E-state index is 12.3. The number of pyridine rings is 1. The van der Waals surface area contributed by atoms with Crippen molar-refractivity contribution < 1.29 is 9.53 Å². The molecule has 0 bridgehead atoms. The van der Waals surface area contributed by atoms with Gasteiger partial charge in [0, 0.05) is 25.0 Å². The zero-order valence-electron chi connectivity index (χ0n) is 13.9. The van der Waals surface area contributed by atoms with Gasteiger partial charge < -0.3 is 15.4 Å². The van der Waals surface area contributed by atoms with Crippen molar-refractivity contribution in [2.75, 3.05) is 12.4 Å². The van der Waals surface area contributed by atoms with Crippen molar-refractivity contribution >= 4 is 11.6 Å². The molecule has 2 aromatic rings. The number of methoxy groups -OCH3 is 1. The zero-order valence-corrected chi connectivity index (χ0v) is 13.9. The van der Waals surface area contributed by atoms with E-state index in [1.807, 2.05) is 30.3 Å². The van der Waals surface area contributed by atoms with Gasteiger partial charge in [0.15, 0.2) is 0 Å². The standard InChI is InChI=1S/C19H23N3O2/c1-24-18-8-6-14(7-9-18)11-21-17-10-15(12-20-13-17)19(23)22-16-4-2-3-5-16/h6-10,12-13,16,21H,2-5,11H2,1H3,(H,22,23). The van der Waals surface area contributed by atoms with Gasteiger partial charge in [-0.2, -0.15) is 0 Å². The summed E-state index contributed by atoms with van der Waals surface area (Å²) in [5, 5.41) is 6.39. The monoisotopic (exact) mass is 325 g/mol. The molecule has 0 atom stereocenters. The highest BCUT2D eigenvalue weighted by Crippen LogP contribution is 2.19. The number of benzene rings is 1. The maximum Gasteiger partial charge on any atom is 0.253 e. The van der Waals surface area contributed by atoms with Crippen LogP contribution in [-0.4, -0.2) is 24.0 Å². The summed E-state index contributed by atoms with van der Waals surface area (Å²) in [6, 6.07) is 10.0. The van der Waals surface area contributed by atoms with Gasteiger partial charge in [-0.05, 0) is 36.6 Å². The van der Waals surface area contributed by atoms with E-state index in [1.165, 1.54) is 12.8 Å². The molecule has 5 nitrogen and oxygen atoms in total. The van der Waals surface area contributed by atoms with Gasteiger partial charge in [0.1, 0.15) is 5.75 Å². The summed E-state index contributed by atoms with van der Waals surface area (Å²) < 4.78 is 5.15. The molecular weight excluding hydrogens is 302 g/mol. The van der Waals surface area contributed by atoms with Crippen molar-refractivity contribution in [3.8, 4) is 5.75 Å². The third-order valence-electron chi connectivity index (χ3n) is 4.35. The molecule has 1 amide bonds. The minimum Gasteiger partial charge on any atom is -0.497 e. The van der Waals surface area contributed by atoms with E-state index in [-0.39, 0.29) is 5.91 Å². The zero-order chi connectivity index (χ0) is 16.8. The first kappa shape index (κ1) is 16.3. The summed E-state index contributed by atoms with van der Waals surface area (Å²) in [7, 11) is 1.65. The Morgan fingerprint density at radius 3 is 2.67 bits per heavy atom. The van der Waals surface area contributed by atoms with Crippen LogP contribution in [0.15, 0.2) is 42.7 Å². The molecule has 1 saturated carbocycles. The highest BCUT2D eigenvalue weighted by molar-refractivity contribution is 5.94. The van der Waals surface area contributed by atoms with E-state index in [4.69, 9.17) is 4.74 Å². The van der Waals surface area contributed by atoms with Crippen LogP contribution in [0.2, 0.25) is 0 Å².